The third-order valence-electron chi connectivity index (χ3n) is 4.30. The number of carbonyl (C=O) groups is 1. The number of ether oxygens (including phenoxy) is 1. The molecule has 0 radical (unpaired) electrons. The number of nitrogens with zero attached hydrogens (tertiary/aromatic N) is 3. The third kappa shape index (κ3) is 5.60. The van der Waals surface area contributed by atoms with E-state index in [9.17, 15) is 4.79 Å². The summed E-state index contributed by atoms with van der Waals surface area (Å²) in [7, 11) is 1.63. The van der Waals surface area contributed by atoms with Gasteiger partial charge in [0.2, 0.25) is 5.91 Å². The van der Waals surface area contributed by atoms with Gasteiger partial charge in [-0.15, -0.1) is 10.2 Å². The van der Waals surface area contributed by atoms with Crippen molar-refractivity contribution < 1.29 is 9.53 Å². The molecule has 28 heavy (non-hydrogen) atoms. The van der Waals surface area contributed by atoms with Gasteiger partial charge in [0.15, 0.2) is 5.16 Å². The van der Waals surface area contributed by atoms with Gasteiger partial charge in [-0.25, -0.2) is 0 Å². The highest BCUT2D eigenvalue weighted by Crippen LogP contribution is 2.22. The number of carbonyl (C=O) groups excluding carboxylic acids is 1. The second-order valence-corrected chi connectivity index (χ2v) is 7.41. The van der Waals surface area contributed by atoms with E-state index < -0.39 is 0 Å². The van der Waals surface area contributed by atoms with Gasteiger partial charge in [-0.3, -0.25) is 9.36 Å². The largest absolute Gasteiger partial charge is 0.497 e. The fourth-order valence-corrected chi connectivity index (χ4v) is 3.55. The molecule has 1 heterocycles. The van der Waals surface area contributed by atoms with Crippen molar-refractivity contribution in [3.63, 3.8) is 0 Å². The standard InChI is InChI=1S/C21H24N4O2S/c1-16(11-12-17-7-4-3-5-8-17)23-20(26)14-28-21-24-22-15-25(21)18-9-6-10-19(13-18)27-2/h3-10,13,15-16H,11-12,14H2,1-2H3,(H,23,26)/t16-/m1/s1. The van der Waals surface area contributed by atoms with Crippen LogP contribution in [0.15, 0.2) is 66.1 Å². The van der Waals surface area contributed by atoms with Crippen LogP contribution in [0.3, 0.4) is 0 Å². The molecule has 0 saturated heterocycles. The smallest absolute Gasteiger partial charge is 0.230 e. The van der Waals surface area contributed by atoms with E-state index in [0.717, 1.165) is 24.3 Å². The molecule has 1 amide bonds. The lowest BCUT2D eigenvalue weighted by Crippen LogP contribution is -2.34. The second kappa shape index (κ2) is 9.94. The van der Waals surface area contributed by atoms with E-state index in [0.29, 0.717) is 10.9 Å². The van der Waals surface area contributed by atoms with Crippen molar-refractivity contribution >= 4 is 17.7 Å². The van der Waals surface area contributed by atoms with Gasteiger partial charge in [0, 0.05) is 12.1 Å². The Bertz CT molecular complexity index is 898. The monoisotopic (exact) mass is 396 g/mol. The van der Waals surface area contributed by atoms with E-state index in [4.69, 9.17) is 4.74 Å². The summed E-state index contributed by atoms with van der Waals surface area (Å²) in [6, 6.07) is 18.0. The molecule has 7 heteroatoms. The van der Waals surface area contributed by atoms with Crippen LogP contribution in [0.5, 0.6) is 5.75 Å². The number of aryl methyl sites for hydroxylation is 1. The van der Waals surface area contributed by atoms with Crippen molar-refractivity contribution in [3.8, 4) is 11.4 Å². The maximum Gasteiger partial charge on any atom is 0.230 e. The predicted octanol–water partition coefficient (Wildman–Crippen LogP) is 3.51. The van der Waals surface area contributed by atoms with Gasteiger partial charge >= 0.3 is 0 Å². The fourth-order valence-electron chi connectivity index (χ4n) is 2.81. The van der Waals surface area contributed by atoms with Crippen LogP contribution in [0, 0.1) is 0 Å². The molecule has 146 valence electrons. The van der Waals surface area contributed by atoms with Gasteiger partial charge in [0.25, 0.3) is 0 Å². The number of amides is 1. The molecule has 6 nitrogen and oxygen atoms in total. The Morgan fingerprint density at radius 3 is 2.82 bits per heavy atom. The first-order valence-corrected chi connectivity index (χ1v) is 10.1. The minimum Gasteiger partial charge on any atom is -0.497 e. The zero-order valence-electron chi connectivity index (χ0n) is 16.0. The van der Waals surface area contributed by atoms with Gasteiger partial charge in [0.1, 0.15) is 12.1 Å². The van der Waals surface area contributed by atoms with Gasteiger partial charge in [-0.1, -0.05) is 48.2 Å². The molecule has 1 aromatic heterocycles. The molecule has 0 unspecified atom stereocenters. The minimum absolute atomic E-state index is 0.00856. The Kier molecular flexibility index (Phi) is 7.08. The van der Waals surface area contributed by atoms with Crippen molar-refractivity contribution in [2.75, 3.05) is 12.9 Å². The second-order valence-electron chi connectivity index (χ2n) is 6.47. The Hall–Kier alpha value is -2.80. The molecular weight excluding hydrogens is 372 g/mol. The summed E-state index contributed by atoms with van der Waals surface area (Å²) in [6.45, 7) is 2.03. The number of nitrogens with one attached hydrogen (secondary N) is 1. The lowest BCUT2D eigenvalue weighted by molar-refractivity contribution is -0.119. The van der Waals surface area contributed by atoms with Crippen LogP contribution >= 0.6 is 11.8 Å². The summed E-state index contributed by atoms with van der Waals surface area (Å²) in [4.78, 5) is 12.3. The van der Waals surface area contributed by atoms with Gasteiger partial charge in [-0.2, -0.15) is 0 Å². The highest BCUT2D eigenvalue weighted by molar-refractivity contribution is 7.99. The molecule has 1 N–H and O–H groups in total. The van der Waals surface area contributed by atoms with Crippen LogP contribution < -0.4 is 10.1 Å². The molecule has 0 aliphatic carbocycles. The molecular formula is C21H24N4O2S. The van der Waals surface area contributed by atoms with Crippen LogP contribution in [0.1, 0.15) is 18.9 Å². The Morgan fingerprint density at radius 1 is 1.21 bits per heavy atom. The fraction of sp³-hybridized carbons (Fsp3) is 0.286. The minimum atomic E-state index is -0.00856. The number of aromatic nitrogens is 3. The number of methoxy groups -OCH3 is 1. The van der Waals surface area contributed by atoms with E-state index in [1.165, 1.54) is 17.3 Å². The van der Waals surface area contributed by atoms with Crippen LogP contribution in [0.2, 0.25) is 0 Å². The van der Waals surface area contributed by atoms with Crippen LogP contribution in [0.4, 0.5) is 0 Å². The van der Waals surface area contributed by atoms with E-state index >= 15 is 0 Å². The Balaban J connectivity index is 1.50. The molecule has 0 aliphatic heterocycles. The molecule has 1 atom stereocenters. The van der Waals surface area contributed by atoms with E-state index in [2.05, 4.69) is 27.6 Å². The van der Waals surface area contributed by atoms with E-state index in [1.807, 2.05) is 54.0 Å². The summed E-state index contributed by atoms with van der Waals surface area (Å²) in [5, 5.41) is 11.8. The quantitative estimate of drug-likeness (QED) is 0.561. The molecule has 0 saturated carbocycles. The van der Waals surface area contributed by atoms with Gasteiger partial charge < -0.3 is 10.1 Å². The van der Waals surface area contributed by atoms with Crippen molar-refractivity contribution in [1.82, 2.24) is 20.1 Å². The molecule has 3 aromatic rings. The predicted molar refractivity (Wildman–Crippen MR) is 111 cm³/mol. The van der Waals surface area contributed by atoms with Crippen molar-refractivity contribution in [2.24, 2.45) is 0 Å². The van der Waals surface area contributed by atoms with Crippen LogP contribution in [-0.2, 0) is 11.2 Å². The molecule has 0 bridgehead atoms. The highest BCUT2D eigenvalue weighted by Gasteiger charge is 2.12. The molecule has 0 aliphatic rings. The Morgan fingerprint density at radius 2 is 2.04 bits per heavy atom. The number of hydrogen-bond acceptors (Lipinski definition) is 5. The summed E-state index contributed by atoms with van der Waals surface area (Å²) in [6.07, 6.45) is 3.48. The van der Waals surface area contributed by atoms with Gasteiger partial charge in [-0.05, 0) is 37.5 Å². The zero-order chi connectivity index (χ0) is 19.8. The molecule has 2 aromatic carbocycles. The van der Waals surface area contributed by atoms with E-state index in [1.54, 1.807) is 13.4 Å². The molecule has 0 fully saturated rings. The van der Waals surface area contributed by atoms with Crippen molar-refractivity contribution in [1.29, 1.82) is 0 Å². The first-order chi connectivity index (χ1) is 13.7. The molecule has 3 rings (SSSR count). The number of thioether (sulfide) groups is 1. The number of hydrogen-bond donors (Lipinski definition) is 1. The number of rotatable bonds is 9. The first kappa shape index (κ1) is 19.9. The maximum absolute atomic E-state index is 12.3. The zero-order valence-corrected chi connectivity index (χ0v) is 16.9. The van der Waals surface area contributed by atoms with Crippen molar-refractivity contribution in [2.45, 2.75) is 31.0 Å². The summed E-state index contributed by atoms with van der Waals surface area (Å²) in [5.41, 5.74) is 2.17. The highest BCUT2D eigenvalue weighted by atomic mass is 32.2. The Labute approximate surface area is 169 Å². The van der Waals surface area contributed by atoms with Gasteiger partial charge in [0.05, 0.1) is 18.6 Å². The average Bonchev–Trinajstić information content (AvgIpc) is 3.20. The summed E-state index contributed by atoms with van der Waals surface area (Å²) >= 11 is 1.36. The summed E-state index contributed by atoms with van der Waals surface area (Å²) < 4.78 is 7.11. The first-order valence-electron chi connectivity index (χ1n) is 9.16. The third-order valence-corrected chi connectivity index (χ3v) is 5.24. The van der Waals surface area contributed by atoms with Crippen LogP contribution in [0.25, 0.3) is 5.69 Å². The summed E-state index contributed by atoms with van der Waals surface area (Å²) in [5.74, 6) is 1.04. The van der Waals surface area contributed by atoms with E-state index in [-0.39, 0.29) is 11.9 Å². The SMILES string of the molecule is COc1cccc(-n2cnnc2SCC(=O)N[C@H](C)CCc2ccccc2)c1. The molecule has 0 spiro atoms. The lowest BCUT2D eigenvalue weighted by Gasteiger charge is -2.14. The van der Waals surface area contributed by atoms with Crippen LogP contribution in [-0.4, -0.2) is 39.6 Å². The maximum atomic E-state index is 12.3. The topological polar surface area (TPSA) is 69.0 Å². The normalized spacial score (nSPS) is 11.8. The number of benzene rings is 2. The average molecular weight is 397 g/mol. The van der Waals surface area contributed by atoms with Crippen molar-refractivity contribution in [3.05, 3.63) is 66.5 Å². The lowest BCUT2D eigenvalue weighted by atomic mass is 10.1.